The van der Waals surface area contributed by atoms with Gasteiger partial charge in [-0.05, 0) is 42.7 Å². The summed E-state index contributed by atoms with van der Waals surface area (Å²) in [7, 11) is -4.53. The van der Waals surface area contributed by atoms with E-state index in [9.17, 15) is 14.8 Å². The second-order valence-corrected chi connectivity index (χ2v) is 5.97. The quantitative estimate of drug-likeness (QED) is 0.639. The Morgan fingerprint density at radius 3 is 2.43 bits per heavy atom. The van der Waals surface area contributed by atoms with Gasteiger partial charge in [0.2, 0.25) is 0 Å². The summed E-state index contributed by atoms with van der Waals surface area (Å²) in [6.07, 6.45) is 5.51. The fourth-order valence-electron chi connectivity index (χ4n) is 2.15. The zero-order chi connectivity index (χ0) is 15.5. The van der Waals surface area contributed by atoms with Gasteiger partial charge in [-0.15, -0.1) is 0 Å². The molecule has 0 radical (unpaired) electrons. The van der Waals surface area contributed by atoms with Crippen LogP contribution in [0.25, 0.3) is 0 Å². The van der Waals surface area contributed by atoms with E-state index in [0.717, 1.165) is 5.56 Å². The Morgan fingerprint density at radius 1 is 1.14 bits per heavy atom. The van der Waals surface area contributed by atoms with Crippen LogP contribution in [0.3, 0.4) is 0 Å². The molecule has 7 heteroatoms. The number of phenolic OH excluding ortho intramolecular Hbond substituents is 1. The van der Waals surface area contributed by atoms with Crippen LogP contribution in [0.15, 0.2) is 53.0 Å². The molecular formula is C14H16NO5P. The summed E-state index contributed by atoms with van der Waals surface area (Å²) >= 11 is 0. The first-order chi connectivity index (χ1) is 9.85. The van der Waals surface area contributed by atoms with Crippen molar-refractivity contribution < 1.29 is 24.6 Å². The molecular weight excluding hydrogens is 293 g/mol. The van der Waals surface area contributed by atoms with Crippen LogP contribution in [0.4, 0.5) is 0 Å². The van der Waals surface area contributed by atoms with Gasteiger partial charge in [-0.2, -0.15) is 4.76 Å². The molecule has 0 aromatic heterocycles. The maximum Gasteiger partial charge on any atom is 0.448 e. The van der Waals surface area contributed by atoms with Crippen LogP contribution < -0.4 is 0 Å². The lowest BCUT2D eigenvalue weighted by Gasteiger charge is -2.19. The Morgan fingerprint density at radius 2 is 1.81 bits per heavy atom. The molecule has 0 saturated heterocycles. The number of aromatic hydroxyl groups is 1. The van der Waals surface area contributed by atoms with E-state index in [2.05, 4.69) is 4.76 Å². The van der Waals surface area contributed by atoms with Gasteiger partial charge in [0.05, 0.1) is 11.6 Å². The minimum absolute atomic E-state index is 0.0310. The number of benzene rings is 1. The Hall–Kier alpha value is -1.88. The normalized spacial score (nSPS) is 20.6. The Labute approximate surface area is 122 Å². The van der Waals surface area contributed by atoms with Gasteiger partial charge in [0.15, 0.2) is 0 Å². The van der Waals surface area contributed by atoms with Gasteiger partial charge in [-0.25, -0.2) is 4.57 Å². The molecule has 0 amide bonds. The number of hydrogen-bond donors (Lipinski definition) is 4. The van der Waals surface area contributed by atoms with Gasteiger partial charge in [-0.3, -0.25) is 0 Å². The molecule has 112 valence electrons. The molecule has 0 fully saturated rings. The topological polar surface area (TPSA) is 110 Å². The predicted octanol–water partition coefficient (Wildman–Crippen LogP) is 2.49. The molecule has 1 aromatic rings. The highest BCUT2D eigenvalue weighted by molar-refractivity contribution is 7.50. The smallest absolute Gasteiger partial charge is 0.448 e. The molecule has 2 rings (SSSR count). The van der Waals surface area contributed by atoms with E-state index in [1.165, 1.54) is 18.2 Å². The average Bonchev–Trinajstić information content (AvgIpc) is 2.38. The lowest BCUT2D eigenvalue weighted by atomic mass is 9.90. The van der Waals surface area contributed by atoms with Crippen molar-refractivity contribution in [2.75, 3.05) is 0 Å². The molecule has 0 spiro atoms. The number of aliphatic hydroxyl groups excluding tert-OH is 1. The van der Waals surface area contributed by atoms with Crippen molar-refractivity contribution >= 4 is 13.5 Å². The highest BCUT2D eigenvalue weighted by Gasteiger charge is 2.24. The molecule has 0 aliphatic heterocycles. The molecule has 1 aliphatic carbocycles. The molecule has 1 aliphatic rings. The maximum absolute atomic E-state index is 11.0. The fourth-order valence-corrected chi connectivity index (χ4v) is 2.66. The van der Waals surface area contributed by atoms with Gasteiger partial charge >= 0.3 is 7.75 Å². The van der Waals surface area contributed by atoms with E-state index < -0.39 is 13.7 Å². The van der Waals surface area contributed by atoms with Gasteiger partial charge in [0, 0.05) is 0 Å². The number of nitrogens with zero attached hydrogens (tertiary/aromatic N) is 1. The van der Waals surface area contributed by atoms with Gasteiger partial charge in [0.1, 0.15) is 11.5 Å². The zero-order valence-electron chi connectivity index (χ0n) is 11.1. The summed E-state index contributed by atoms with van der Waals surface area (Å²) in [5.41, 5.74) is 1.12. The monoisotopic (exact) mass is 309 g/mol. The van der Waals surface area contributed by atoms with Crippen molar-refractivity contribution in [1.82, 2.24) is 0 Å². The lowest BCUT2D eigenvalue weighted by Crippen LogP contribution is -2.18. The van der Waals surface area contributed by atoms with Crippen LogP contribution in [-0.4, -0.2) is 25.7 Å². The lowest BCUT2D eigenvalue weighted by molar-refractivity contribution is 0.355. The standard InChI is InChI=1S/C14H16NO5P/c16-11-7-4-10(5-8-11)6-9-12-13(15-21(18,19)20)2-1-3-14(12)17/h1-5,7-8,12,16-17H,6,9H2,(H2,18,19,20). The largest absolute Gasteiger partial charge is 0.512 e. The SMILES string of the molecule is O=P(O)(O)N=C1C=CC=C(O)C1CCc1ccc(O)cc1. The number of hydrogen-bond acceptors (Lipinski definition) is 3. The van der Waals surface area contributed by atoms with E-state index >= 15 is 0 Å². The first-order valence-corrected chi connectivity index (χ1v) is 7.92. The summed E-state index contributed by atoms with van der Waals surface area (Å²) in [4.78, 5) is 17.9. The third-order valence-corrected chi connectivity index (χ3v) is 3.64. The summed E-state index contributed by atoms with van der Waals surface area (Å²) in [5, 5.41) is 19.1. The highest BCUT2D eigenvalue weighted by atomic mass is 31.2. The van der Waals surface area contributed by atoms with Gasteiger partial charge < -0.3 is 20.0 Å². The second-order valence-electron chi connectivity index (χ2n) is 4.75. The minimum Gasteiger partial charge on any atom is -0.512 e. The first kappa shape index (κ1) is 15.5. The van der Waals surface area contributed by atoms with Crippen LogP contribution in [-0.2, 0) is 11.0 Å². The average molecular weight is 309 g/mol. The van der Waals surface area contributed by atoms with E-state index in [1.807, 2.05) is 0 Å². The van der Waals surface area contributed by atoms with E-state index in [0.29, 0.717) is 12.8 Å². The Bertz CT molecular complexity index is 642. The van der Waals surface area contributed by atoms with E-state index in [4.69, 9.17) is 9.79 Å². The molecule has 0 saturated carbocycles. The molecule has 1 unspecified atom stereocenters. The van der Waals surface area contributed by atoms with Crippen LogP contribution in [0, 0.1) is 5.92 Å². The number of allylic oxidation sites excluding steroid dienone is 4. The second kappa shape index (κ2) is 6.26. The molecule has 1 aromatic carbocycles. The van der Waals surface area contributed by atoms with Crippen molar-refractivity contribution in [1.29, 1.82) is 0 Å². The number of aryl methyl sites for hydroxylation is 1. The number of phenols is 1. The third kappa shape index (κ3) is 4.56. The van der Waals surface area contributed by atoms with Crippen LogP contribution in [0.1, 0.15) is 12.0 Å². The Balaban J connectivity index is 2.13. The minimum atomic E-state index is -4.53. The zero-order valence-corrected chi connectivity index (χ0v) is 12.0. The molecule has 6 nitrogen and oxygen atoms in total. The molecule has 21 heavy (non-hydrogen) atoms. The number of rotatable bonds is 4. The van der Waals surface area contributed by atoms with Crippen molar-refractivity contribution in [3.05, 3.63) is 53.8 Å². The summed E-state index contributed by atoms with van der Waals surface area (Å²) < 4.78 is 14.4. The van der Waals surface area contributed by atoms with Crippen molar-refractivity contribution in [2.24, 2.45) is 10.7 Å². The van der Waals surface area contributed by atoms with Crippen molar-refractivity contribution in [3.8, 4) is 5.75 Å². The van der Waals surface area contributed by atoms with Gasteiger partial charge in [-0.1, -0.05) is 18.2 Å². The maximum atomic E-state index is 11.0. The summed E-state index contributed by atoms with van der Waals surface area (Å²) in [5.74, 6) is -0.342. The number of aliphatic hydroxyl groups is 1. The van der Waals surface area contributed by atoms with E-state index in [1.54, 1.807) is 24.3 Å². The summed E-state index contributed by atoms with van der Waals surface area (Å²) in [6.45, 7) is 0. The highest BCUT2D eigenvalue weighted by Crippen LogP contribution is 2.38. The van der Waals surface area contributed by atoms with E-state index in [-0.39, 0.29) is 17.2 Å². The van der Waals surface area contributed by atoms with Gasteiger partial charge in [0.25, 0.3) is 0 Å². The third-order valence-electron chi connectivity index (χ3n) is 3.15. The molecule has 1 atom stereocenters. The van der Waals surface area contributed by atoms with Crippen molar-refractivity contribution in [3.63, 3.8) is 0 Å². The first-order valence-electron chi connectivity index (χ1n) is 6.36. The van der Waals surface area contributed by atoms with Crippen LogP contribution >= 0.6 is 7.75 Å². The predicted molar refractivity (Wildman–Crippen MR) is 79.2 cm³/mol. The summed E-state index contributed by atoms with van der Waals surface area (Å²) in [6, 6.07) is 6.65. The molecule has 0 heterocycles. The van der Waals surface area contributed by atoms with Crippen LogP contribution in [0.5, 0.6) is 5.75 Å². The Kier molecular flexibility index (Phi) is 4.63. The van der Waals surface area contributed by atoms with Crippen LogP contribution in [0.2, 0.25) is 0 Å². The molecule has 4 N–H and O–H groups in total. The van der Waals surface area contributed by atoms with Crippen molar-refractivity contribution in [2.45, 2.75) is 12.8 Å². The fraction of sp³-hybridized carbons (Fsp3) is 0.214. The molecule has 0 bridgehead atoms.